The zero-order valence-electron chi connectivity index (χ0n) is 12.0. The molecular weight excluding hydrogens is 248 g/mol. The van der Waals surface area contributed by atoms with E-state index < -0.39 is 17.5 Å². The molecule has 5 N–H and O–H groups in total. The zero-order valence-corrected chi connectivity index (χ0v) is 12.0. The molecule has 0 heterocycles. The molecule has 0 fully saturated rings. The number of amides is 3. The van der Waals surface area contributed by atoms with Crippen molar-refractivity contribution in [2.45, 2.75) is 45.2 Å². The monoisotopic (exact) mass is 272 g/mol. The first-order valence-corrected chi connectivity index (χ1v) is 6.26. The molecule has 0 spiro atoms. The first-order valence-electron chi connectivity index (χ1n) is 6.26. The quantitative estimate of drug-likeness (QED) is 0.469. The van der Waals surface area contributed by atoms with Crippen LogP contribution in [0.5, 0.6) is 0 Å². The van der Waals surface area contributed by atoms with Crippen molar-refractivity contribution in [1.82, 2.24) is 16.0 Å². The number of nitrogens with two attached hydrogens (primary N) is 1. The maximum absolute atomic E-state index is 12.1. The molecule has 3 amide bonds. The van der Waals surface area contributed by atoms with E-state index in [1.807, 2.05) is 0 Å². The zero-order chi connectivity index (χ0) is 15.1. The summed E-state index contributed by atoms with van der Waals surface area (Å²) in [5.74, 6) is -0.992. The summed E-state index contributed by atoms with van der Waals surface area (Å²) in [6.07, 6.45) is 1.05. The molecule has 0 aliphatic heterocycles. The topological polar surface area (TPSA) is 113 Å². The van der Waals surface area contributed by atoms with Gasteiger partial charge in [0.1, 0.15) is 11.6 Å². The van der Waals surface area contributed by atoms with Gasteiger partial charge in [0.25, 0.3) is 0 Å². The Kier molecular flexibility index (Phi) is 7.06. The fourth-order valence-electron chi connectivity index (χ4n) is 1.60. The van der Waals surface area contributed by atoms with Crippen LogP contribution in [-0.4, -0.2) is 42.9 Å². The summed E-state index contributed by atoms with van der Waals surface area (Å²) < 4.78 is 0. The van der Waals surface area contributed by atoms with Gasteiger partial charge in [0, 0.05) is 14.0 Å². The van der Waals surface area contributed by atoms with Crippen LogP contribution in [0.3, 0.4) is 0 Å². The van der Waals surface area contributed by atoms with Gasteiger partial charge < -0.3 is 21.7 Å². The van der Waals surface area contributed by atoms with Crippen molar-refractivity contribution in [3.8, 4) is 0 Å². The highest BCUT2D eigenvalue weighted by Gasteiger charge is 2.31. The molecule has 1 atom stereocenters. The highest BCUT2D eigenvalue weighted by atomic mass is 16.2. The van der Waals surface area contributed by atoms with E-state index in [2.05, 4.69) is 16.0 Å². The predicted octanol–water partition coefficient (Wildman–Crippen LogP) is -1.13. The van der Waals surface area contributed by atoms with Gasteiger partial charge in [-0.1, -0.05) is 0 Å². The van der Waals surface area contributed by atoms with Crippen LogP contribution in [0.15, 0.2) is 0 Å². The molecule has 0 unspecified atom stereocenters. The minimum atomic E-state index is -1.04. The molecule has 0 aromatic carbocycles. The molecule has 110 valence electrons. The lowest BCUT2D eigenvalue weighted by Crippen LogP contribution is -2.58. The Bertz CT molecular complexity index is 342. The lowest BCUT2D eigenvalue weighted by atomic mass is 10.0. The van der Waals surface area contributed by atoms with Gasteiger partial charge in [-0.05, 0) is 33.2 Å². The molecular formula is C12H24N4O3. The summed E-state index contributed by atoms with van der Waals surface area (Å²) in [7, 11) is 1.50. The standard InChI is InChI=1S/C12H24N4O3/c1-8(17)15-9(6-5-7-13)10(18)16-12(2,3)11(19)14-4/h9H,5-7,13H2,1-4H3,(H,14,19)(H,15,17)(H,16,18)/t9-/m1/s1. The molecule has 0 bridgehead atoms. The van der Waals surface area contributed by atoms with Crippen LogP contribution in [0.25, 0.3) is 0 Å². The Morgan fingerprint density at radius 2 is 1.84 bits per heavy atom. The van der Waals surface area contributed by atoms with Gasteiger partial charge in [-0.25, -0.2) is 0 Å². The molecule has 0 saturated heterocycles. The van der Waals surface area contributed by atoms with Crippen molar-refractivity contribution in [2.75, 3.05) is 13.6 Å². The van der Waals surface area contributed by atoms with E-state index in [1.54, 1.807) is 13.8 Å². The largest absolute Gasteiger partial charge is 0.357 e. The second-order valence-corrected chi connectivity index (χ2v) is 4.88. The third-order valence-corrected chi connectivity index (χ3v) is 2.62. The smallest absolute Gasteiger partial charge is 0.244 e. The van der Waals surface area contributed by atoms with Crippen molar-refractivity contribution < 1.29 is 14.4 Å². The van der Waals surface area contributed by atoms with E-state index in [1.165, 1.54) is 14.0 Å². The molecule has 0 aliphatic rings. The second-order valence-electron chi connectivity index (χ2n) is 4.88. The molecule has 0 aromatic heterocycles. The van der Waals surface area contributed by atoms with Crippen LogP contribution in [0, 0.1) is 0 Å². The third kappa shape index (κ3) is 6.19. The van der Waals surface area contributed by atoms with Gasteiger partial charge in [-0.15, -0.1) is 0 Å². The lowest BCUT2D eigenvalue weighted by Gasteiger charge is -2.27. The van der Waals surface area contributed by atoms with Crippen molar-refractivity contribution in [2.24, 2.45) is 5.73 Å². The maximum atomic E-state index is 12.1. The highest BCUT2D eigenvalue weighted by molar-refractivity contribution is 5.93. The summed E-state index contributed by atoms with van der Waals surface area (Å²) in [5.41, 5.74) is 4.36. The van der Waals surface area contributed by atoms with E-state index in [-0.39, 0.29) is 11.8 Å². The Labute approximate surface area is 113 Å². The average Bonchev–Trinajstić information content (AvgIpc) is 2.32. The van der Waals surface area contributed by atoms with Crippen LogP contribution in [0.4, 0.5) is 0 Å². The normalized spacial score (nSPS) is 12.5. The van der Waals surface area contributed by atoms with Crippen LogP contribution < -0.4 is 21.7 Å². The minimum absolute atomic E-state index is 0.296. The molecule has 0 saturated carbocycles. The Balaban J connectivity index is 4.70. The van der Waals surface area contributed by atoms with Crippen molar-refractivity contribution in [3.05, 3.63) is 0 Å². The van der Waals surface area contributed by atoms with Gasteiger partial charge >= 0.3 is 0 Å². The lowest BCUT2D eigenvalue weighted by molar-refractivity contribution is -0.134. The summed E-state index contributed by atoms with van der Waals surface area (Å²) in [4.78, 5) is 34.7. The first-order chi connectivity index (χ1) is 8.74. The molecule has 0 rings (SSSR count). The van der Waals surface area contributed by atoms with Crippen LogP contribution in [0.1, 0.15) is 33.6 Å². The van der Waals surface area contributed by atoms with E-state index >= 15 is 0 Å². The first kappa shape index (κ1) is 17.4. The SMILES string of the molecule is CNC(=O)C(C)(C)NC(=O)[C@@H](CCCN)NC(C)=O. The van der Waals surface area contributed by atoms with E-state index in [4.69, 9.17) is 5.73 Å². The summed E-state index contributed by atoms with van der Waals surface area (Å²) >= 11 is 0. The Morgan fingerprint density at radius 1 is 1.26 bits per heavy atom. The van der Waals surface area contributed by atoms with E-state index in [9.17, 15) is 14.4 Å². The summed E-state index contributed by atoms with van der Waals surface area (Å²) in [6.45, 7) is 4.96. The number of hydrogen-bond donors (Lipinski definition) is 4. The Morgan fingerprint density at radius 3 is 2.26 bits per heavy atom. The Hall–Kier alpha value is -1.63. The minimum Gasteiger partial charge on any atom is -0.357 e. The van der Waals surface area contributed by atoms with E-state index in [0.29, 0.717) is 19.4 Å². The number of hydrogen-bond acceptors (Lipinski definition) is 4. The average molecular weight is 272 g/mol. The molecule has 7 nitrogen and oxygen atoms in total. The van der Waals surface area contributed by atoms with Crippen molar-refractivity contribution in [3.63, 3.8) is 0 Å². The fourth-order valence-corrected chi connectivity index (χ4v) is 1.60. The highest BCUT2D eigenvalue weighted by Crippen LogP contribution is 2.05. The summed E-state index contributed by atoms with van der Waals surface area (Å²) in [6, 6.07) is -0.676. The number of nitrogens with one attached hydrogen (secondary N) is 3. The molecule has 7 heteroatoms. The number of likely N-dealkylation sites (N-methyl/N-ethyl adjacent to an activating group) is 1. The summed E-state index contributed by atoms with van der Waals surface area (Å²) in [5, 5.41) is 7.64. The molecule has 0 aliphatic carbocycles. The van der Waals surface area contributed by atoms with Crippen LogP contribution in [0.2, 0.25) is 0 Å². The van der Waals surface area contributed by atoms with E-state index in [0.717, 1.165) is 0 Å². The number of carbonyl (C=O) groups excluding carboxylic acids is 3. The van der Waals surface area contributed by atoms with Crippen LogP contribution in [-0.2, 0) is 14.4 Å². The van der Waals surface area contributed by atoms with Crippen molar-refractivity contribution >= 4 is 17.7 Å². The number of rotatable bonds is 7. The van der Waals surface area contributed by atoms with Gasteiger partial charge in [0.15, 0.2) is 0 Å². The fraction of sp³-hybridized carbons (Fsp3) is 0.750. The molecule has 19 heavy (non-hydrogen) atoms. The van der Waals surface area contributed by atoms with Gasteiger partial charge in [0.05, 0.1) is 0 Å². The number of carbonyl (C=O) groups is 3. The maximum Gasteiger partial charge on any atom is 0.244 e. The predicted molar refractivity (Wildman–Crippen MR) is 72.2 cm³/mol. The third-order valence-electron chi connectivity index (χ3n) is 2.62. The molecule has 0 aromatic rings. The molecule has 0 radical (unpaired) electrons. The van der Waals surface area contributed by atoms with Gasteiger partial charge in [-0.3, -0.25) is 14.4 Å². The van der Waals surface area contributed by atoms with Gasteiger partial charge in [-0.2, -0.15) is 0 Å². The van der Waals surface area contributed by atoms with Crippen LogP contribution >= 0.6 is 0 Å². The van der Waals surface area contributed by atoms with Crippen molar-refractivity contribution in [1.29, 1.82) is 0 Å². The second kappa shape index (κ2) is 7.73. The van der Waals surface area contributed by atoms with Gasteiger partial charge in [0.2, 0.25) is 17.7 Å².